The van der Waals surface area contributed by atoms with Crippen LogP contribution >= 0.6 is 27.5 Å². The SMILES string of the molecule is Fc1cccc(CC(Cl)c2ccc(Br)o2)c1F. The van der Waals surface area contributed by atoms with Crippen molar-refractivity contribution in [3.05, 3.63) is 58.0 Å². The van der Waals surface area contributed by atoms with Gasteiger partial charge in [0.15, 0.2) is 16.3 Å². The fourth-order valence-electron chi connectivity index (χ4n) is 1.50. The molecule has 1 unspecified atom stereocenters. The molecule has 1 aromatic heterocycles. The molecule has 0 bridgehead atoms. The fourth-order valence-corrected chi connectivity index (χ4v) is 2.10. The molecular weight excluding hydrogens is 313 g/mol. The molecule has 0 saturated carbocycles. The lowest BCUT2D eigenvalue weighted by atomic mass is 10.1. The van der Waals surface area contributed by atoms with Crippen LogP contribution in [-0.2, 0) is 6.42 Å². The smallest absolute Gasteiger partial charge is 0.169 e. The monoisotopic (exact) mass is 320 g/mol. The van der Waals surface area contributed by atoms with Crippen molar-refractivity contribution in [3.63, 3.8) is 0 Å². The summed E-state index contributed by atoms with van der Waals surface area (Å²) in [5.74, 6) is -1.21. The van der Waals surface area contributed by atoms with Crippen LogP contribution in [0.15, 0.2) is 39.4 Å². The highest BCUT2D eigenvalue weighted by atomic mass is 79.9. The quantitative estimate of drug-likeness (QED) is 0.737. The summed E-state index contributed by atoms with van der Waals surface area (Å²) in [7, 11) is 0. The maximum atomic E-state index is 13.4. The standard InChI is InChI=1S/C12H8BrClF2O/c13-11-5-4-10(17-11)8(14)6-7-2-1-3-9(15)12(7)16/h1-5,8H,6H2. The second-order valence-electron chi connectivity index (χ2n) is 3.53. The summed E-state index contributed by atoms with van der Waals surface area (Å²) in [4.78, 5) is 0. The first-order valence-electron chi connectivity index (χ1n) is 4.90. The Morgan fingerprint density at radius 2 is 2.00 bits per heavy atom. The highest BCUT2D eigenvalue weighted by Crippen LogP contribution is 2.29. The third-order valence-electron chi connectivity index (χ3n) is 2.33. The summed E-state index contributed by atoms with van der Waals surface area (Å²) < 4.78 is 32.2. The van der Waals surface area contributed by atoms with Crippen molar-refractivity contribution in [1.29, 1.82) is 0 Å². The van der Waals surface area contributed by atoms with Crippen LogP contribution in [0, 0.1) is 11.6 Å². The Morgan fingerprint density at radius 3 is 2.65 bits per heavy atom. The first-order valence-corrected chi connectivity index (χ1v) is 6.13. The topological polar surface area (TPSA) is 13.1 Å². The Kier molecular flexibility index (Phi) is 3.84. The molecule has 0 aliphatic heterocycles. The van der Waals surface area contributed by atoms with Gasteiger partial charge in [-0.1, -0.05) is 12.1 Å². The molecule has 2 rings (SSSR count). The molecule has 0 radical (unpaired) electrons. The van der Waals surface area contributed by atoms with Gasteiger partial charge >= 0.3 is 0 Å². The van der Waals surface area contributed by atoms with Crippen LogP contribution in [0.4, 0.5) is 8.78 Å². The lowest BCUT2D eigenvalue weighted by Gasteiger charge is -2.07. The zero-order valence-corrected chi connectivity index (χ0v) is 10.9. The van der Waals surface area contributed by atoms with Crippen LogP contribution in [0.1, 0.15) is 16.7 Å². The molecule has 1 atom stereocenters. The predicted molar refractivity (Wildman–Crippen MR) is 65.1 cm³/mol. The maximum Gasteiger partial charge on any atom is 0.169 e. The molecular formula is C12H8BrClF2O. The van der Waals surface area contributed by atoms with Crippen LogP contribution in [0.2, 0.25) is 0 Å². The fraction of sp³-hybridized carbons (Fsp3) is 0.167. The minimum atomic E-state index is -0.869. The van der Waals surface area contributed by atoms with Crippen LogP contribution in [0.3, 0.4) is 0 Å². The Bertz CT molecular complexity index is 527. The van der Waals surface area contributed by atoms with Gasteiger partial charge in [-0.2, -0.15) is 0 Å². The first-order chi connectivity index (χ1) is 8.08. The lowest BCUT2D eigenvalue weighted by Crippen LogP contribution is -1.99. The Balaban J connectivity index is 2.18. The van der Waals surface area contributed by atoms with Gasteiger partial charge in [0.25, 0.3) is 0 Å². The molecule has 0 saturated heterocycles. The van der Waals surface area contributed by atoms with Gasteiger partial charge in [0, 0.05) is 0 Å². The number of hydrogen-bond acceptors (Lipinski definition) is 1. The molecule has 90 valence electrons. The van der Waals surface area contributed by atoms with Gasteiger partial charge in [0.05, 0.1) is 5.38 Å². The summed E-state index contributed by atoms with van der Waals surface area (Å²) in [6, 6.07) is 7.43. The van der Waals surface area contributed by atoms with Crippen LogP contribution in [0.5, 0.6) is 0 Å². The Morgan fingerprint density at radius 1 is 1.24 bits per heavy atom. The molecule has 1 nitrogen and oxygen atoms in total. The van der Waals surface area contributed by atoms with Crippen LogP contribution < -0.4 is 0 Å². The van der Waals surface area contributed by atoms with E-state index in [9.17, 15) is 8.78 Å². The Labute approximate surface area is 111 Å². The minimum Gasteiger partial charge on any atom is -0.453 e. The van der Waals surface area contributed by atoms with Crippen molar-refractivity contribution in [2.75, 3.05) is 0 Å². The van der Waals surface area contributed by atoms with Crippen LogP contribution in [-0.4, -0.2) is 0 Å². The number of furan rings is 1. The molecule has 0 N–H and O–H groups in total. The summed E-state index contributed by atoms with van der Waals surface area (Å²) in [5.41, 5.74) is 0.234. The molecule has 5 heteroatoms. The van der Waals surface area contributed by atoms with Gasteiger partial charge in [-0.05, 0) is 46.1 Å². The third kappa shape index (κ3) is 2.87. The van der Waals surface area contributed by atoms with Gasteiger partial charge in [-0.3, -0.25) is 0 Å². The molecule has 0 spiro atoms. The first kappa shape index (κ1) is 12.6. The van der Waals surface area contributed by atoms with E-state index in [2.05, 4.69) is 15.9 Å². The van der Waals surface area contributed by atoms with E-state index < -0.39 is 17.0 Å². The second kappa shape index (κ2) is 5.19. The van der Waals surface area contributed by atoms with Gasteiger partial charge < -0.3 is 4.42 Å². The second-order valence-corrected chi connectivity index (χ2v) is 4.83. The number of halogens is 4. The highest BCUT2D eigenvalue weighted by Gasteiger charge is 2.16. The summed E-state index contributed by atoms with van der Waals surface area (Å²) in [6.07, 6.45) is 0.172. The van der Waals surface area contributed by atoms with E-state index in [-0.39, 0.29) is 12.0 Å². The summed E-state index contributed by atoms with van der Waals surface area (Å²) in [5, 5.41) is -0.530. The minimum absolute atomic E-state index is 0.172. The van der Waals surface area contributed by atoms with E-state index >= 15 is 0 Å². The molecule has 17 heavy (non-hydrogen) atoms. The van der Waals surface area contributed by atoms with Crippen molar-refractivity contribution in [3.8, 4) is 0 Å². The van der Waals surface area contributed by atoms with E-state index in [0.717, 1.165) is 6.07 Å². The van der Waals surface area contributed by atoms with Crippen molar-refractivity contribution < 1.29 is 13.2 Å². The molecule has 0 amide bonds. The average molecular weight is 322 g/mol. The van der Waals surface area contributed by atoms with Crippen molar-refractivity contribution in [2.24, 2.45) is 0 Å². The van der Waals surface area contributed by atoms with Gasteiger partial charge in [-0.25, -0.2) is 8.78 Å². The molecule has 2 aromatic rings. The molecule has 0 fully saturated rings. The number of rotatable bonds is 3. The Hall–Kier alpha value is -0.870. The van der Waals surface area contributed by atoms with Crippen molar-refractivity contribution in [1.82, 2.24) is 0 Å². The maximum absolute atomic E-state index is 13.4. The highest BCUT2D eigenvalue weighted by molar-refractivity contribution is 9.10. The number of benzene rings is 1. The van der Waals surface area contributed by atoms with Crippen LogP contribution in [0.25, 0.3) is 0 Å². The van der Waals surface area contributed by atoms with Crippen molar-refractivity contribution >= 4 is 27.5 Å². The zero-order valence-electron chi connectivity index (χ0n) is 8.59. The molecule has 0 aliphatic rings. The summed E-state index contributed by atoms with van der Waals surface area (Å²) >= 11 is 9.23. The largest absolute Gasteiger partial charge is 0.453 e. The average Bonchev–Trinajstić information content (AvgIpc) is 2.72. The number of hydrogen-bond donors (Lipinski definition) is 0. The molecule has 0 aliphatic carbocycles. The molecule has 1 aromatic carbocycles. The third-order valence-corrected chi connectivity index (χ3v) is 3.13. The van der Waals surface area contributed by atoms with Crippen molar-refractivity contribution in [2.45, 2.75) is 11.8 Å². The van der Waals surface area contributed by atoms with Gasteiger partial charge in [-0.15, -0.1) is 11.6 Å². The zero-order chi connectivity index (χ0) is 12.4. The van der Waals surface area contributed by atoms with E-state index in [1.54, 1.807) is 12.1 Å². The predicted octanol–water partition coefficient (Wildman–Crippen LogP) is 4.84. The number of alkyl halides is 1. The van der Waals surface area contributed by atoms with E-state index in [0.29, 0.717) is 10.4 Å². The lowest BCUT2D eigenvalue weighted by molar-refractivity contribution is 0.471. The van der Waals surface area contributed by atoms with Gasteiger partial charge in [0.2, 0.25) is 0 Å². The normalized spacial score (nSPS) is 12.7. The van der Waals surface area contributed by atoms with E-state index in [4.69, 9.17) is 16.0 Å². The molecule has 1 heterocycles. The van der Waals surface area contributed by atoms with E-state index in [1.807, 2.05) is 0 Å². The van der Waals surface area contributed by atoms with Gasteiger partial charge in [0.1, 0.15) is 5.76 Å². The van der Waals surface area contributed by atoms with E-state index in [1.165, 1.54) is 12.1 Å². The summed E-state index contributed by atoms with van der Waals surface area (Å²) in [6.45, 7) is 0.